The Bertz CT molecular complexity index is 1090. The lowest BCUT2D eigenvalue weighted by Crippen LogP contribution is -2.21. The molecule has 0 aromatic heterocycles. The highest BCUT2D eigenvalue weighted by atomic mass is 19.4. The molecule has 1 fully saturated rings. The first kappa shape index (κ1) is 21.5. The van der Waals surface area contributed by atoms with E-state index in [1.165, 1.54) is 24.3 Å². The number of fused-ring (bicyclic) bond motifs is 1. The van der Waals surface area contributed by atoms with E-state index in [2.05, 4.69) is 5.32 Å². The van der Waals surface area contributed by atoms with Crippen molar-refractivity contribution >= 4 is 29.0 Å². The molecule has 1 saturated heterocycles. The number of nitrogens with zero attached hydrogens (tertiary/aromatic N) is 2. The molecule has 2 aromatic rings. The number of carbonyl (C=O) groups is 1. The first-order chi connectivity index (χ1) is 15.2. The maximum Gasteiger partial charge on any atom is 0.416 e. The molecule has 2 aromatic carbocycles. The van der Waals surface area contributed by atoms with Crippen molar-refractivity contribution in [3.05, 3.63) is 57.6 Å². The third kappa shape index (κ3) is 4.46. The van der Waals surface area contributed by atoms with Gasteiger partial charge >= 0.3 is 6.18 Å². The number of hydrogen-bond acceptors (Lipinski definition) is 6. The smallest absolute Gasteiger partial charge is 0.416 e. The molecule has 0 spiro atoms. The Morgan fingerprint density at radius 1 is 1.12 bits per heavy atom. The molecule has 2 aliphatic rings. The van der Waals surface area contributed by atoms with Crippen LogP contribution < -0.4 is 19.7 Å². The lowest BCUT2D eigenvalue weighted by atomic mass is 10.1. The second kappa shape index (κ2) is 8.40. The summed E-state index contributed by atoms with van der Waals surface area (Å²) < 4.78 is 49.9. The van der Waals surface area contributed by atoms with E-state index in [9.17, 15) is 28.1 Å². The van der Waals surface area contributed by atoms with Gasteiger partial charge in [0.15, 0.2) is 11.5 Å². The number of rotatable bonds is 5. The zero-order chi connectivity index (χ0) is 22.9. The monoisotopic (exact) mass is 449 g/mol. The van der Waals surface area contributed by atoms with E-state index < -0.39 is 22.6 Å². The van der Waals surface area contributed by atoms with Gasteiger partial charge in [0.05, 0.1) is 33.5 Å². The summed E-state index contributed by atoms with van der Waals surface area (Å²) in [5, 5.41) is 13.8. The normalized spacial score (nSPS) is 15.4. The van der Waals surface area contributed by atoms with Gasteiger partial charge in [-0.25, -0.2) is 0 Å². The zero-order valence-corrected chi connectivity index (χ0v) is 16.6. The summed E-state index contributed by atoms with van der Waals surface area (Å²) in [5.41, 5.74) is -0.567. The number of nitrogens with one attached hydrogen (secondary N) is 1. The number of halogens is 3. The Morgan fingerprint density at radius 3 is 2.47 bits per heavy atom. The minimum atomic E-state index is -4.56. The van der Waals surface area contributed by atoms with Crippen LogP contribution in [0.4, 0.5) is 30.2 Å². The zero-order valence-electron chi connectivity index (χ0n) is 16.6. The molecule has 32 heavy (non-hydrogen) atoms. The van der Waals surface area contributed by atoms with E-state index in [0.29, 0.717) is 24.5 Å². The molecule has 2 heterocycles. The van der Waals surface area contributed by atoms with E-state index >= 15 is 0 Å². The van der Waals surface area contributed by atoms with Gasteiger partial charge in [0.1, 0.15) is 0 Å². The van der Waals surface area contributed by atoms with Crippen molar-refractivity contribution in [2.24, 2.45) is 0 Å². The highest BCUT2D eigenvalue weighted by Crippen LogP contribution is 2.39. The van der Waals surface area contributed by atoms with Crippen molar-refractivity contribution in [2.45, 2.75) is 19.0 Å². The molecule has 1 N–H and O–H groups in total. The summed E-state index contributed by atoms with van der Waals surface area (Å²) in [6.45, 7) is 1.27. The van der Waals surface area contributed by atoms with Crippen LogP contribution in [0.2, 0.25) is 0 Å². The lowest BCUT2D eigenvalue weighted by molar-refractivity contribution is -0.385. The van der Waals surface area contributed by atoms with Gasteiger partial charge in [0, 0.05) is 19.2 Å². The molecule has 0 atom stereocenters. The number of hydrogen-bond donors (Lipinski definition) is 1. The maximum absolute atomic E-state index is 13.2. The van der Waals surface area contributed by atoms with E-state index in [1.54, 1.807) is 0 Å². The molecule has 2 aliphatic heterocycles. The van der Waals surface area contributed by atoms with E-state index in [0.717, 1.165) is 31.1 Å². The lowest BCUT2D eigenvalue weighted by Gasteiger charge is -2.22. The van der Waals surface area contributed by atoms with E-state index in [-0.39, 0.29) is 29.5 Å². The first-order valence-electron chi connectivity index (χ1n) is 9.75. The average molecular weight is 449 g/mol. The quantitative estimate of drug-likeness (QED) is 0.408. The Labute approximate surface area is 180 Å². The molecule has 168 valence electrons. The molecule has 0 unspecified atom stereocenters. The number of anilines is 2. The largest absolute Gasteiger partial charge is 0.454 e. The standard InChI is InChI=1S/C21H18F3N3O5/c22-21(23,24)14-4-5-16(26-7-1-2-8-26)15(10-14)25-20(28)6-3-13-9-18-19(32-12-31-18)11-17(13)27(29)30/h3-6,9-11H,1-2,7-8,12H2,(H,25,28)/b6-3+. The maximum atomic E-state index is 13.2. The number of ether oxygens (including phenoxy) is 2. The minimum Gasteiger partial charge on any atom is -0.454 e. The van der Waals surface area contributed by atoms with E-state index in [1.807, 2.05) is 4.90 Å². The highest BCUT2D eigenvalue weighted by Gasteiger charge is 2.32. The first-order valence-corrected chi connectivity index (χ1v) is 9.75. The van der Waals surface area contributed by atoms with Crippen molar-refractivity contribution in [3.63, 3.8) is 0 Å². The number of nitro groups is 1. The fourth-order valence-corrected chi connectivity index (χ4v) is 3.62. The summed E-state index contributed by atoms with van der Waals surface area (Å²) in [5.74, 6) is -0.209. The molecule has 4 rings (SSSR count). The molecular formula is C21H18F3N3O5. The molecular weight excluding hydrogens is 431 g/mol. The van der Waals surface area contributed by atoms with Crippen LogP contribution in [0.25, 0.3) is 6.08 Å². The SMILES string of the molecule is O=C(/C=C/c1cc2c(cc1[N+](=O)[O-])OCO2)Nc1cc(C(F)(F)F)ccc1N1CCCC1. The Hall–Kier alpha value is -3.76. The van der Waals surface area contributed by atoms with Crippen LogP contribution >= 0.6 is 0 Å². The van der Waals surface area contributed by atoms with Crippen LogP contribution in [0.5, 0.6) is 11.5 Å². The van der Waals surface area contributed by atoms with Gasteiger partial charge in [-0.3, -0.25) is 14.9 Å². The van der Waals surface area contributed by atoms with Crippen molar-refractivity contribution < 1.29 is 32.4 Å². The second-order valence-electron chi connectivity index (χ2n) is 7.27. The van der Waals surface area contributed by atoms with Crippen LogP contribution in [0.1, 0.15) is 24.0 Å². The van der Waals surface area contributed by atoms with E-state index in [4.69, 9.17) is 9.47 Å². The summed E-state index contributed by atoms with van der Waals surface area (Å²) >= 11 is 0. The Balaban J connectivity index is 1.60. The van der Waals surface area contributed by atoms with Crippen molar-refractivity contribution in [2.75, 3.05) is 30.1 Å². The number of alkyl halides is 3. The number of benzene rings is 2. The predicted molar refractivity (Wildman–Crippen MR) is 110 cm³/mol. The van der Waals surface area contributed by atoms with Crippen molar-refractivity contribution in [1.82, 2.24) is 0 Å². The average Bonchev–Trinajstić information content (AvgIpc) is 3.42. The van der Waals surface area contributed by atoms with Crippen LogP contribution in [0.15, 0.2) is 36.4 Å². The van der Waals surface area contributed by atoms with Gasteiger partial charge in [-0.2, -0.15) is 13.2 Å². The number of amides is 1. The van der Waals surface area contributed by atoms with Crippen LogP contribution in [0.3, 0.4) is 0 Å². The van der Waals surface area contributed by atoms with Gasteiger partial charge in [-0.15, -0.1) is 0 Å². The summed E-state index contributed by atoms with van der Waals surface area (Å²) in [7, 11) is 0. The molecule has 8 nitrogen and oxygen atoms in total. The van der Waals surface area contributed by atoms with Crippen LogP contribution in [-0.2, 0) is 11.0 Å². The van der Waals surface area contributed by atoms with Gasteiger partial charge in [0.2, 0.25) is 12.7 Å². The predicted octanol–water partition coefficient (Wildman–Crippen LogP) is 4.59. The molecule has 0 radical (unpaired) electrons. The molecule has 0 aliphatic carbocycles. The highest BCUT2D eigenvalue weighted by molar-refractivity contribution is 6.04. The number of carbonyl (C=O) groups excluding carboxylic acids is 1. The topological polar surface area (TPSA) is 93.9 Å². The van der Waals surface area contributed by atoms with Crippen molar-refractivity contribution in [1.29, 1.82) is 0 Å². The fraction of sp³-hybridized carbons (Fsp3) is 0.286. The van der Waals surface area contributed by atoms with Crippen LogP contribution in [0, 0.1) is 10.1 Å². The van der Waals surface area contributed by atoms with Crippen molar-refractivity contribution in [3.8, 4) is 11.5 Å². The molecule has 11 heteroatoms. The third-order valence-electron chi connectivity index (χ3n) is 5.16. The summed E-state index contributed by atoms with van der Waals surface area (Å²) in [6, 6.07) is 5.77. The van der Waals surface area contributed by atoms with Gasteiger partial charge in [-0.05, 0) is 43.2 Å². The second-order valence-corrected chi connectivity index (χ2v) is 7.27. The molecule has 0 saturated carbocycles. The summed E-state index contributed by atoms with van der Waals surface area (Å²) in [6.07, 6.45) is -0.521. The van der Waals surface area contributed by atoms with Crippen LogP contribution in [-0.4, -0.2) is 30.7 Å². The fourth-order valence-electron chi connectivity index (χ4n) is 3.62. The third-order valence-corrected chi connectivity index (χ3v) is 5.16. The molecule has 0 bridgehead atoms. The van der Waals surface area contributed by atoms with Gasteiger partial charge in [0.25, 0.3) is 5.69 Å². The Kier molecular flexibility index (Phi) is 5.64. The number of nitro benzene ring substituents is 1. The van der Waals surface area contributed by atoms with Gasteiger partial charge < -0.3 is 19.7 Å². The minimum absolute atomic E-state index is 0.0246. The molecule has 1 amide bonds. The summed E-state index contributed by atoms with van der Waals surface area (Å²) in [4.78, 5) is 25.1. The van der Waals surface area contributed by atoms with Gasteiger partial charge in [-0.1, -0.05) is 0 Å². The Morgan fingerprint density at radius 2 is 1.81 bits per heavy atom.